The molecule has 0 aliphatic heterocycles. The molecule has 2 aromatic rings. The Labute approximate surface area is 120 Å². The van der Waals surface area contributed by atoms with Crippen LogP contribution in [0, 0.1) is 5.82 Å². The first-order chi connectivity index (χ1) is 10.1. The highest BCUT2D eigenvalue weighted by atomic mass is 19.1. The van der Waals surface area contributed by atoms with E-state index in [2.05, 4.69) is 10.1 Å². The van der Waals surface area contributed by atoms with Crippen LogP contribution < -0.4 is 10.5 Å². The average Bonchev–Trinajstić information content (AvgIpc) is 3.16. The number of ether oxygens (including phenoxy) is 1. The lowest BCUT2D eigenvalue weighted by molar-refractivity contribution is 0.0986. The third kappa shape index (κ3) is 2.72. The summed E-state index contributed by atoms with van der Waals surface area (Å²) < 4.78 is 24.3. The number of rotatable bonds is 5. The molecular weight excluding hydrogens is 277 g/mol. The van der Waals surface area contributed by atoms with Gasteiger partial charge in [-0.15, -0.1) is 0 Å². The minimum Gasteiger partial charge on any atom is -0.480 e. The number of aromatic nitrogens is 2. The molecule has 0 radical (unpaired) electrons. The SMILES string of the molecule is CC(Oc1cccc(F)c1C(N)=O)c1nc(C2CC2)no1. The Morgan fingerprint density at radius 3 is 2.95 bits per heavy atom. The van der Waals surface area contributed by atoms with Crippen molar-refractivity contribution in [3.8, 4) is 5.75 Å². The maximum Gasteiger partial charge on any atom is 0.267 e. The normalized spacial score (nSPS) is 15.7. The Morgan fingerprint density at radius 1 is 1.52 bits per heavy atom. The van der Waals surface area contributed by atoms with E-state index in [4.69, 9.17) is 15.0 Å². The standard InChI is InChI=1S/C14H14FN3O3/c1-7(14-17-13(18-21-14)8-5-6-8)20-10-4-2-3-9(15)11(10)12(16)19/h2-4,7-8H,5-6H2,1H3,(H2,16,19). The lowest BCUT2D eigenvalue weighted by Crippen LogP contribution is -2.16. The van der Waals surface area contributed by atoms with Crippen molar-refractivity contribution < 1.29 is 18.4 Å². The number of carbonyl (C=O) groups excluding carboxylic acids is 1. The predicted octanol–water partition coefficient (Wildman–Crippen LogP) is 2.33. The fourth-order valence-electron chi connectivity index (χ4n) is 2.00. The number of primary amides is 1. The highest BCUT2D eigenvalue weighted by molar-refractivity contribution is 5.95. The average molecular weight is 291 g/mol. The molecule has 0 saturated heterocycles. The zero-order chi connectivity index (χ0) is 15.0. The fourth-order valence-corrected chi connectivity index (χ4v) is 2.00. The molecular formula is C14H14FN3O3. The summed E-state index contributed by atoms with van der Waals surface area (Å²) in [6.07, 6.45) is 1.51. The Bertz CT molecular complexity index is 682. The molecule has 1 aliphatic carbocycles. The first-order valence-electron chi connectivity index (χ1n) is 6.64. The van der Waals surface area contributed by atoms with Crippen molar-refractivity contribution in [3.63, 3.8) is 0 Å². The summed E-state index contributed by atoms with van der Waals surface area (Å²) in [6.45, 7) is 1.68. The summed E-state index contributed by atoms with van der Waals surface area (Å²) in [6, 6.07) is 4.06. The van der Waals surface area contributed by atoms with Crippen molar-refractivity contribution in [3.05, 3.63) is 41.3 Å². The summed E-state index contributed by atoms with van der Waals surface area (Å²) in [7, 11) is 0. The van der Waals surface area contributed by atoms with Crippen LogP contribution in [0.3, 0.4) is 0 Å². The molecule has 0 spiro atoms. The monoisotopic (exact) mass is 291 g/mol. The van der Waals surface area contributed by atoms with E-state index in [0.29, 0.717) is 11.7 Å². The topological polar surface area (TPSA) is 91.2 Å². The van der Waals surface area contributed by atoms with Crippen LogP contribution in [0.25, 0.3) is 0 Å². The van der Waals surface area contributed by atoms with E-state index < -0.39 is 17.8 Å². The molecule has 21 heavy (non-hydrogen) atoms. The third-order valence-corrected chi connectivity index (χ3v) is 3.27. The van der Waals surface area contributed by atoms with Gasteiger partial charge in [0.1, 0.15) is 17.1 Å². The minimum absolute atomic E-state index is 0.0566. The third-order valence-electron chi connectivity index (χ3n) is 3.27. The zero-order valence-electron chi connectivity index (χ0n) is 11.4. The van der Waals surface area contributed by atoms with E-state index in [1.807, 2.05) is 0 Å². The minimum atomic E-state index is -0.889. The smallest absolute Gasteiger partial charge is 0.267 e. The second-order valence-electron chi connectivity index (χ2n) is 5.00. The van der Waals surface area contributed by atoms with Crippen LogP contribution in [0.4, 0.5) is 4.39 Å². The van der Waals surface area contributed by atoms with Crippen molar-refractivity contribution in [2.45, 2.75) is 31.8 Å². The number of halogens is 1. The molecule has 1 atom stereocenters. The number of nitrogens with zero attached hydrogens (tertiary/aromatic N) is 2. The van der Waals surface area contributed by atoms with Gasteiger partial charge in [0.15, 0.2) is 11.9 Å². The van der Waals surface area contributed by atoms with Crippen LogP contribution in [0.2, 0.25) is 0 Å². The molecule has 1 aromatic carbocycles. The van der Waals surface area contributed by atoms with E-state index in [-0.39, 0.29) is 17.2 Å². The van der Waals surface area contributed by atoms with E-state index in [1.54, 1.807) is 6.92 Å². The Kier molecular flexibility index (Phi) is 3.32. The van der Waals surface area contributed by atoms with Gasteiger partial charge in [0.25, 0.3) is 11.8 Å². The first-order valence-corrected chi connectivity index (χ1v) is 6.64. The van der Waals surface area contributed by atoms with E-state index in [0.717, 1.165) is 18.9 Å². The van der Waals surface area contributed by atoms with Crippen molar-refractivity contribution in [2.75, 3.05) is 0 Å². The van der Waals surface area contributed by atoms with Crippen molar-refractivity contribution >= 4 is 5.91 Å². The molecule has 110 valence electrons. The molecule has 7 heteroatoms. The molecule has 1 fully saturated rings. The molecule has 1 saturated carbocycles. The molecule has 1 amide bonds. The van der Waals surface area contributed by atoms with Gasteiger partial charge >= 0.3 is 0 Å². The second-order valence-corrected chi connectivity index (χ2v) is 5.00. The number of hydrogen-bond donors (Lipinski definition) is 1. The zero-order valence-corrected chi connectivity index (χ0v) is 11.4. The van der Waals surface area contributed by atoms with E-state index in [1.165, 1.54) is 12.1 Å². The number of nitrogens with two attached hydrogens (primary N) is 1. The lowest BCUT2D eigenvalue weighted by Gasteiger charge is -2.13. The lowest BCUT2D eigenvalue weighted by atomic mass is 10.1. The molecule has 1 unspecified atom stereocenters. The largest absolute Gasteiger partial charge is 0.480 e. The van der Waals surface area contributed by atoms with E-state index >= 15 is 0 Å². The van der Waals surface area contributed by atoms with Crippen LogP contribution in [0.1, 0.15) is 53.9 Å². The van der Waals surface area contributed by atoms with Gasteiger partial charge < -0.3 is 15.0 Å². The van der Waals surface area contributed by atoms with Gasteiger partial charge in [-0.1, -0.05) is 11.2 Å². The van der Waals surface area contributed by atoms with Gasteiger partial charge in [-0.25, -0.2) is 4.39 Å². The second kappa shape index (κ2) is 5.16. The van der Waals surface area contributed by atoms with Gasteiger partial charge in [-0.05, 0) is 31.9 Å². The first kappa shape index (κ1) is 13.5. The highest BCUT2D eigenvalue weighted by Gasteiger charge is 2.30. The summed E-state index contributed by atoms with van der Waals surface area (Å²) in [4.78, 5) is 15.6. The predicted molar refractivity (Wildman–Crippen MR) is 70.2 cm³/mol. The van der Waals surface area contributed by atoms with Gasteiger partial charge in [0.05, 0.1) is 0 Å². The van der Waals surface area contributed by atoms with Gasteiger partial charge in [-0.2, -0.15) is 4.98 Å². The van der Waals surface area contributed by atoms with Gasteiger partial charge in [-0.3, -0.25) is 4.79 Å². The summed E-state index contributed by atoms with van der Waals surface area (Å²) >= 11 is 0. The van der Waals surface area contributed by atoms with Crippen molar-refractivity contribution in [1.82, 2.24) is 10.1 Å². The van der Waals surface area contributed by atoms with Crippen molar-refractivity contribution in [2.24, 2.45) is 5.73 Å². The molecule has 0 bridgehead atoms. The number of amides is 1. The Hall–Kier alpha value is -2.44. The number of carbonyl (C=O) groups is 1. The quantitative estimate of drug-likeness (QED) is 0.912. The number of hydrogen-bond acceptors (Lipinski definition) is 5. The number of benzene rings is 1. The Morgan fingerprint density at radius 2 is 2.29 bits per heavy atom. The van der Waals surface area contributed by atoms with Crippen molar-refractivity contribution in [1.29, 1.82) is 0 Å². The summed E-state index contributed by atoms with van der Waals surface area (Å²) in [5.74, 6) is -0.242. The molecule has 1 aliphatic rings. The molecule has 1 aromatic heterocycles. The van der Waals surface area contributed by atoms with Crippen LogP contribution in [-0.2, 0) is 0 Å². The Balaban J connectivity index is 1.82. The van der Waals surface area contributed by atoms with Gasteiger partial charge in [0, 0.05) is 5.92 Å². The maximum atomic E-state index is 13.6. The van der Waals surface area contributed by atoms with Crippen LogP contribution >= 0.6 is 0 Å². The molecule has 6 nitrogen and oxygen atoms in total. The van der Waals surface area contributed by atoms with Gasteiger partial charge in [0.2, 0.25) is 0 Å². The summed E-state index contributed by atoms with van der Waals surface area (Å²) in [5, 5.41) is 3.88. The van der Waals surface area contributed by atoms with Crippen LogP contribution in [0.15, 0.2) is 22.7 Å². The molecule has 2 N–H and O–H groups in total. The molecule has 1 heterocycles. The van der Waals surface area contributed by atoms with Crippen LogP contribution in [0.5, 0.6) is 5.75 Å². The highest BCUT2D eigenvalue weighted by Crippen LogP contribution is 2.38. The fraction of sp³-hybridized carbons (Fsp3) is 0.357. The van der Waals surface area contributed by atoms with E-state index in [9.17, 15) is 9.18 Å². The van der Waals surface area contributed by atoms with Crippen LogP contribution in [-0.4, -0.2) is 16.0 Å². The maximum absolute atomic E-state index is 13.6. The summed E-state index contributed by atoms with van der Waals surface area (Å²) in [5.41, 5.74) is 4.89. The molecule has 3 rings (SSSR count).